The molecule has 1 rings (SSSR count). The minimum atomic E-state index is -0.306. The Balaban J connectivity index is 2.59. The molecule has 3 heteroatoms. The van der Waals surface area contributed by atoms with Crippen LogP contribution in [-0.4, -0.2) is 12.2 Å². The van der Waals surface area contributed by atoms with Crippen molar-refractivity contribution in [2.75, 3.05) is 0 Å². The average molecular weight is 177 g/mol. The van der Waals surface area contributed by atoms with Gasteiger partial charge < -0.3 is 5.73 Å². The summed E-state index contributed by atoms with van der Waals surface area (Å²) in [7, 11) is 0. The summed E-state index contributed by atoms with van der Waals surface area (Å²) in [5.74, 6) is -0.306. The number of primary amides is 1. The second-order valence-corrected chi connectivity index (χ2v) is 2.83. The Morgan fingerprint density at radius 1 is 1.31 bits per heavy atom. The predicted molar refractivity (Wildman–Crippen MR) is 49.3 cm³/mol. The molecule has 0 unspecified atom stereocenters. The highest BCUT2D eigenvalue weighted by Gasteiger charge is 1.97. The first-order valence-electron chi connectivity index (χ1n) is 4.05. The van der Waals surface area contributed by atoms with E-state index in [1.807, 2.05) is 12.1 Å². The molecule has 0 fully saturated rings. The molecule has 0 aromatic heterocycles. The Labute approximate surface area is 76.6 Å². The second kappa shape index (κ2) is 4.40. The Morgan fingerprint density at radius 2 is 1.92 bits per heavy atom. The lowest BCUT2D eigenvalue weighted by Gasteiger charge is -1.98. The van der Waals surface area contributed by atoms with Crippen LogP contribution in [0, 0.1) is 0 Å². The minimum absolute atomic E-state index is 0.306. The van der Waals surface area contributed by atoms with Crippen LogP contribution in [0.5, 0.6) is 0 Å². The summed E-state index contributed by atoms with van der Waals surface area (Å²) < 4.78 is 0. The van der Waals surface area contributed by atoms with E-state index in [1.165, 1.54) is 0 Å². The zero-order chi connectivity index (χ0) is 9.68. The molecular formula is C10H11NO2. The number of carbonyl (C=O) groups excluding carboxylic acids is 2. The third-order valence-corrected chi connectivity index (χ3v) is 1.78. The van der Waals surface area contributed by atoms with Crippen molar-refractivity contribution in [1.29, 1.82) is 0 Å². The Bertz CT molecular complexity index is 303. The highest BCUT2D eigenvalue weighted by Crippen LogP contribution is 2.04. The number of hydrogen-bond acceptors (Lipinski definition) is 2. The van der Waals surface area contributed by atoms with E-state index in [4.69, 9.17) is 5.73 Å². The number of hydrogen-bond donors (Lipinski definition) is 1. The lowest BCUT2D eigenvalue weighted by molar-refractivity contribution is -0.117. The van der Waals surface area contributed by atoms with Crippen molar-refractivity contribution in [2.45, 2.75) is 12.8 Å². The molecule has 0 aliphatic carbocycles. The van der Waals surface area contributed by atoms with Crippen molar-refractivity contribution in [3.05, 3.63) is 35.4 Å². The average Bonchev–Trinajstić information content (AvgIpc) is 2.15. The van der Waals surface area contributed by atoms with Crippen molar-refractivity contribution in [2.24, 2.45) is 5.73 Å². The van der Waals surface area contributed by atoms with E-state index in [0.29, 0.717) is 18.4 Å². The van der Waals surface area contributed by atoms with Crippen LogP contribution in [0.4, 0.5) is 0 Å². The quantitative estimate of drug-likeness (QED) is 0.695. The van der Waals surface area contributed by atoms with Gasteiger partial charge in [-0.1, -0.05) is 24.3 Å². The first-order chi connectivity index (χ1) is 6.22. The van der Waals surface area contributed by atoms with Crippen LogP contribution in [0.3, 0.4) is 0 Å². The van der Waals surface area contributed by atoms with Crippen LogP contribution in [0.15, 0.2) is 24.3 Å². The first-order valence-corrected chi connectivity index (χ1v) is 4.05. The highest BCUT2D eigenvalue weighted by molar-refractivity contribution is 5.75. The molecule has 0 aliphatic heterocycles. The van der Waals surface area contributed by atoms with Gasteiger partial charge in [-0.15, -0.1) is 0 Å². The molecule has 0 spiro atoms. The Hall–Kier alpha value is -1.64. The van der Waals surface area contributed by atoms with Gasteiger partial charge in [0.2, 0.25) is 5.91 Å². The highest BCUT2D eigenvalue weighted by atomic mass is 16.1. The molecule has 1 aromatic rings. The van der Waals surface area contributed by atoms with Crippen molar-refractivity contribution in [3.8, 4) is 0 Å². The summed E-state index contributed by atoms with van der Waals surface area (Å²) in [6.45, 7) is 0. The molecule has 0 saturated carbocycles. The van der Waals surface area contributed by atoms with Gasteiger partial charge in [-0.3, -0.25) is 9.59 Å². The maximum absolute atomic E-state index is 10.5. The molecule has 0 bridgehead atoms. The van der Waals surface area contributed by atoms with Crippen LogP contribution >= 0.6 is 0 Å². The summed E-state index contributed by atoms with van der Waals surface area (Å²) in [6.07, 6.45) is 1.77. The fourth-order valence-corrected chi connectivity index (χ4v) is 1.03. The molecule has 68 valence electrons. The molecule has 0 atom stereocenters. The number of aldehydes is 1. The van der Waals surface area contributed by atoms with Gasteiger partial charge in [-0.05, 0) is 12.0 Å². The summed E-state index contributed by atoms with van der Waals surface area (Å²) in [4.78, 5) is 20.8. The molecule has 0 saturated heterocycles. The van der Waals surface area contributed by atoms with Crippen LogP contribution in [0.1, 0.15) is 22.3 Å². The largest absolute Gasteiger partial charge is 0.370 e. The van der Waals surface area contributed by atoms with Crippen molar-refractivity contribution >= 4 is 12.2 Å². The van der Waals surface area contributed by atoms with E-state index in [2.05, 4.69) is 0 Å². The van der Waals surface area contributed by atoms with Gasteiger partial charge in [0.05, 0.1) is 0 Å². The first kappa shape index (κ1) is 9.45. The van der Waals surface area contributed by atoms with Gasteiger partial charge >= 0.3 is 0 Å². The predicted octanol–water partition coefficient (Wildman–Crippen LogP) is 0.917. The summed E-state index contributed by atoms with van der Waals surface area (Å²) in [5, 5.41) is 0. The van der Waals surface area contributed by atoms with Gasteiger partial charge in [0.15, 0.2) is 0 Å². The molecule has 13 heavy (non-hydrogen) atoms. The molecule has 3 nitrogen and oxygen atoms in total. The summed E-state index contributed by atoms with van der Waals surface area (Å²) >= 11 is 0. The SMILES string of the molecule is NC(=O)CCc1ccc(C=O)cc1. The molecule has 2 N–H and O–H groups in total. The molecule has 0 heterocycles. The summed E-state index contributed by atoms with van der Waals surface area (Å²) in [6, 6.07) is 7.10. The minimum Gasteiger partial charge on any atom is -0.370 e. The Kier molecular flexibility index (Phi) is 3.20. The molecule has 1 aromatic carbocycles. The monoisotopic (exact) mass is 177 g/mol. The van der Waals surface area contributed by atoms with Crippen LogP contribution in [0.2, 0.25) is 0 Å². The van der Waals surface area contributed by atoms with E-state index in [1.54, 1.807) is 12.1 Å². The standard InChI is InChI=1S/C10H11NO2/c11-10(13)6-5-8-1-3-9(7-12)4-2-8/h1-4,7H,5-6H2,(H2,11,13). The van der Waals surface area contributed by atoms with E-state index < -0.39 is 0 Å². The number of nitrogens with two attached hydrogens (primary N) is 1. The lowest BCUT2D eigenvalue weighted by atomic mass is 10.1. The fraction of sp³-hybridized carbons (Fsp3) is 0.200. The maximum atomic E-state index is 10.5. The smallest absolute Gasteiger partial charge is 0.217 e. The number of amides is 1. The molecular weight excluding hydrogens is 166 g/mol. The lowest BCUT2D eigenvalue weighted by Crippen LogP contribution is -2.11. The topological polar surface area (TPSA) is 60.2 Å². The third-order valence-electron chi connectivity index (χ3n) is 1.78. The van der Waals surface area contributed by atoms with Gasteiger partial charge in [0, 0.05) is 12.0 Å². The Morgan fingerprint density at radius 3 is 2.38 bits per heavy atom. The third kappa shape index (κ3) is 3.07. The van der Waals surface area contributed by atoms with Crippen molar-refractivity contribution in [1.82, 2.24) is 0 Å². The zero-order valence-electron chi connectivity index (χ0n) is 7.19. The maximum Gasteiger partial charge on any atom is 0.217 e. The second-order valence-electron chi connectivity index (χ2n) is 2.83. The van der Waals surface area contributed by atoms with E-state index >= 15 is 0 Å². The van der Waals surface area contributed by atoms with Crippen LogP contribution in [0.25, 0.3) is 0 Å². The number of rotatable bonds is 4. The van der Waals surface area contributed by atoms with Crippen molar-refractivity contribution < 1.29 is 9.59 Å². The molecule has 0 aliphatic rings. The summed E-state index contributed by atoms with van der Waals surface area (Å²) in [5.41, 5.74) is 6.66. The van der Waals surface area contributed by atoms with E-state index in [-0.39, 0.29) is 5.91 Å². The molecule has 1 amide bonds. The van der Waals surface area contributed by atoms with Gasteiger partial charge in [0.1, 0.15) is 6.29 Å². The zero-order valence-corrected chi connectivity index (χ0v) is 7.19. The number of aryl methyl sites for hydroxylation is 1. The van der Waals surface area contributed by atoms with E-state index in [0.717, 1.165) is 11.8 Å². The fourth-order valence-electron chi connectivity index (χ4n) is 1.03. The van der Waals surface area contributed by atoms with Crippen LogP contribution in [-0.2, 0) is 11.2 Å². The normalized spacial score (nSPS) is 9.54. The van der Waals surface area contributed by atoms with Gasteiger partial charge in [-0.2, -0.15) is 0 Å². The van der Waals surface area contributed by atoms with Gasteiger partial charge in [0.25, 0.3) is 0 Å². The van der Waals surface area contributed by atoms with Crippen LogP contribution < -0.4 is 5.73 Å². The number of benzene rings is 1. The number of carbonyl (C=O) groups is 2. The van der Waals surface area contributed by atoms with Gasteiger partial charge in [-0.25, -0.2) is 0 Å². The van der Waals surface area contributed by atoms with E-state index in [9.17, 15) is 9.59 Å². The van der Waals surface area contributed by atoms with Crippen molar-refractivity contribution in [3.63, 3.8) is 0 Å². The molecule has 0 radical (unpaired) electrons.